The van der Waals surface area contributed by atoms with E-state index in [4.69, 9.17) is 32.7 Å². The molecule has 1 aliphatic heterocycles. The number of aryl methyl sites for hydroxylation is 1. The lowest BCUT2D eigenvalue weighted by atomic mass is 9.97. The minimum absolute atomic E-state index is 0.00109. The highest BCUT2D eigenvalue weighted by Gasteiger charge is 2.25. The quantitative estimate of drug-likeness (QED) is 0.358. The highest BCUT2D eigenvalue weighted by molar-refractivity contribution is 6.32. The summed E-state index contributed by atoms with van der Waals surface area (Å²) in [6.45, 7) is 3.10. The number of rotatable bonds is 8. The predicted octanol–water partition coefficient (Wildman–Crippen LogP) is 4.32. The second kappa shape index (κ2) is 10.3. The zero-order chi connectivity index (χ0) is 19.9. The van der Waals surface area contributed by atoms with Gasteiger partial charge in [-0.1, -0.05) is 11.6 Å². The number of pyridine rings is 1. The molecule has 0 aliphatic carbocycles. The van der Waals surface area contributed by atoms with Crippen LogP contribution >= 0.6 is 23.2 Å². The number of nitrogens with zero attached hydrogens (tertiary/aromatic N) is 2. The van der Waals surface area contributed by atoms with E-state index in [1.54, 1.807) is 13.3 Å². The van der Waals surface area contributed by atoms with Gasteiger partial charge in [0.2, 0.25) is 0 Å². The maximum atomic E-state index is 12.3. The molecule has 1 saturated heterocycles. The van der Waals surface area contributed by atoms with Crippen molar-refractivity contribution < 1.29 is 14.3 Å². The lowest BCUT2D eigenvalue weighted by Gasteiger charge is -2.30. The SMILES string of the molecule is COc1ccc2ncc(Cl)c(CCCOC(=O)C3CCN(CCCl)CC3)c2c1. The zero-order valence-electron chi connectivity index (χ0n) is 16.1. The van der Waals surface area contributed by atoms with Crippen molar-refractivity contribution in [3.63, 3.8) is 0 Å². The van der Waals surface area contributed by atoms with Gasteiger partial charge < -0.3 is 14.4 Å². The summed E-state index contributed by atoms with van der Waals surface area (Å²) in [5.41, 5.74) is 1.89. The van der Waals surface area contributed by atoms with Gasteiger partial charge in [-0.2, -0.15) is 0 Å². The molecule has 0 radical (unpaired) electrons. The predicted molar refractivity (Wildman–Crippen MR) is 112 cm³/mol. The van der Waals surface area contributed by atoms with Gasteiger partial charge in [-0.15, -0.1) is 11.6 Å². The number of aromatic nitrogens is 1. The van der Waals surface area contributed by atoms with Gasteiger partial charge in [0.25, 0.3) is 0 Å². The summed E-state index contributed by atoms with van der Waals surface area (Å²) in [4.78, 5) is 19.0. The van der Waals surface area contributed by atoms with E-state index in [1.807, 2.05) is 18.2 Å². The number of piperidine rings is 1. The van der Waals surface area contributed by atoms with Crippen LogP contribution in [0.5, 0.6) is 5.75 Å². The molecule has 0 atom stereocenters. The van der Waals surface area contributed by atoms with Crippen LogP contribution in [0.3, 0.4) is 0 Å². The Kier molecular flexibility index (Phi) is 7.77. The summed E-state index contributed by atoms with van der Waals surface area (Å²) in [6.07, 6.45) is 4.79. The van der Waals surface area contributed by atoms with Crippen LogP contribution in [-0.4, -0.2) is 55.1 Å². The van der Waals surface area contributed by atoms with Gasteiger partial charge in [-0.05, 0) is 62.5 Å². The normalized spacial score (nSPS) is 15.7. The molecular weight excluding hydrogens is 399 g/mol. The van der Waals surface area contributed by atoms with Gasteiger partial charge in [-0.25, -0.2) is 0 Å². The number of fused-ring (bicyclic) bond motifs is 1. The smallest absolute Gasteiger partial charge is 0.309 e. The van der Waals surface area contributed by atoms with Crippen molar-refractivity contribution in [2.75, 3.05) is 39.2 Å². The van der Waals surface area contributed by atoms with Gasteiger partial charge in [0.15, 0.2) is 0 Å². The molecule has 0 saturated carbocycles. The number of alkyl halides is 1. The summed E-state index contributed by atoms with van der Waals surface area (Å²) < 4.78 is 10.8. The third-order valence-electron chi connectivity index (χ3n) is 5.27. The number of benzene rings is 1. The maximum Gasteiger partial charge on any atom is 0.309 e. The van der Waals surface area contributed by atoms with Crippen LogP contribution in [0.2, 0.25) is 5.02 Å². The van der Waals surface area contributed by atoms with E-state index in [0.29, 0.717) is 30.4 Å². The molecule has 7 heteroatoms. The van der Waals surface area contributed by atoms with Crippen LogP contribution in [0.4, 0.5) is 0 Å². The van der Waals surface area contributed by atoms with E-state index in [1.165, 1.54) is 0 Å². The van der Waals surface area contributed by atoms with Gasteiger partial charge in [0, 0.05) is 24.0 Å². The molecule has 1 aromatic carbocycles. The Labute approximate surface area is 175 Å². The summed E-state index contributed by atoms with van der Waals surface area (Å²) in [7, 11) is 1.64. The number of esters is 1. The van der Waals surface area contributed by atoms with Crippen molar-refractivity contribution in [3.8, 4) is 5.75 Å². The summed E-state index contributed by atoms with van der Waals surface area (Å²) in [6, 6.07) is 5.75. The number of methoxy groups -OCH3 is 1. The maximum absolute atomic E-state index is 12.3. The number of carbonyl (C=O) groups excluding carboxylic acids is 1. The third-order valence-corrected chi connectivity index (χ3v) is 5.77. The number of hydrogen-bond donors (Lipinski definition) is 0. The third kappa shape index (κ3) is 5.28. The Morgan fingerprint density at radius 2 is 2.11 bits per heavy atom. The van der Waals surface area contributed by atoms with Crippen molar-refractivity contribution in [2.24, 2.45) is 5.92 Å². The molecule has 0 amide bonds. The highest BCUT2D eigenvalue weighted by Crippen LogP contribution is 2.28. The molecule has 0 bridgehead atoms. The van der Waals surface area contributed by atoms with E-state index >= 15 is 0 Å². The standard InChI is InChI=1S/C21H26Cl2N2O3/c1-27-16-4-5-20-18(13-16)17(19(23)14-24-20)3-2-12-28-21(26)15-6-9-25(10-7-15)11-8-22/h4-5,13-15H,2-3,6-12H2,1H3. The van der Waals surface area contributed by atoms with Crippen molar-refractivity contribution in [2.45, 2.75) is 25.7 Å². The molecule has 28 heavy (non-hydrogen) atoms. The van der Waals surface area contributed by atoms with E-state index in [2.05, 4.69) is 9.88 Å². The molecule has 1 fully saturated rings. The minimum atomic E-state index is -0.0853. The van der Waals surface area contributed by atoms with Crippen molar-refractivity contribution in [1.82, 2.24) is 9.88 Å². The van der Waals surface area contributed by atoms with E-state index in [-0.39, 0.29) is 11.9 Å². The first-order valence-corrected chi connectivity index (χ1v) is 10.6. The lowest BCUT2D eigenvalue weighted by molar-refractivity contribution is -0.150. The second-order valence-corrected chi connectivity index (χ2v) is 7.83. The molecule has 0 unspecified atom stereocenters. The first-order chi connectivity index (χ1) is 13.6. The first kappa shape index (κ1) is 21.2. The summed E-state index contributed by atoms with van der Waals surface area (Å²) >= 11 is 12.2. The monoisotopic (exact) mass is 424 g/mol. The van der Waals surface area contributed by atoms with Crippen LogP contribution in [0.15, 0.2) is 24.4 Å². The van der Waals surface area contributed by atoms with Crippen molar-refractivity contribution >= 4 is 40.1 Å². The Hall–Kier alpha value is -1.56. The molecule has 0 N–H and O–H groups in total. The fourth-order valence-electron chi connectivity index (χ4n) is 3.63. The number of carbonyl (C=O) groups is 1. The van der Waals surface area contributed by atoms with Crippen molar-refractivity contribution in [1.29, 1.82) is 0 Å². The molecular formula is C21H26Cl2N2O3. The van der Waals surface area contributed by atoms with Gasteiger partial charge in [-0.3, -0.25) is 9.78 Å². The molecule has 2 aromatic rings. The number of likely N-dealkylation sites (tertiary alicyclic amines) is 1. The Morgan fingerprint density at radius 3 is 2.82 bits per heavy atom. The van der Waals surface area contributed by atoms with E-state index < -0.39 is 0 Å². The largest absolute Gasteiger partial charge is 0.497 e. The minimum Gasteiger partial charge on any atom is -0.497 e. The molecule has 5 nitrogen and oxygen atoms in total. The molecule has 152 valence electrons. The highest BCUT2D eigenvalue weighted by atomic mass is 35.5. The zero-order valence-corrected chi connectivity index (χ0v) is 17.6. The van der Waals surface area contributed by atoms with Crippen LogP contribution in [0, 0.1) is 5.92 Å². The average Bonchev–Trinajstić information content (AvgIpc) is 2.72. The number of halogens is 2. The summed E-state index contributed by atoms with van der Waals surface area (Å²) in [5, 5.41) is 1.60. The average molecular weight is 425 g/mol. The van der Waals surface area contributed by atoms with E-state index in [9.17, 15) is 4.79 Å². The Balaban J connectivity index is 1.51. The molecule has 2 heterocycles. The van der Waals surface area contributed by atoms with Gasteiger partial charge in [0.1, 0.15) is 5.75 Å². The number of ether oxygens (including phenoxy) is 2. The van der Waals surface area contributed by atoms with Crippen LogP contribution < -0.4 is 4.74 Å². The molecule has 1 aliphatic rings. The Morgan fingerprint density at radius 1 is 1.32 bits per heavy atom. The molecule has 3 rings (SSSR count). The fourth-order valence-corrected chi connectivity index (χ4v) is 4.12. The van der Waals surface area contributed by atoms with Crippen LogP contribution in [0.25, 0.3) is 10.9 Å². The number of hydrogen-bond acceptors (Lipinski definition) is 5. The Bertz CT molecular complexity index is 808. The molecule has 1 aromatic heterocycles. The second-order valence-electron chi connectivity index (χ2n) is 7.04. The van der Waals surface area contributed by atoms with E-state index in [0.717, 1.165) is 54.7 Å². The topological polar surface area (TPSA) is 51.7 Å². The fraction of sp³-hybridized carbons (Fsp3) is 0.524. The first-order valence-electron chi connectivity index (χ1n) is 9.68. The van der Waals surface area contributed by atoms with Crippen molar-refractivity contribution in [3.05, 3.63) is 35.0 Å². The van der Waals surface area contributed by atoms with Crippen LogP contribution in [-0.2, 0) is 16.0 Å². The lowest BCUT2D eigenvalue weighted by Crippen LogP contribution is -2.37. The van der Waals surface area contributed by atoms with Crippen LogP contribution in [0.1, 0.15) is 24.8 Å². The summed E-state index contributed by atoms with van der Waals surface area (Å²) in [5.74, 6) is 1.32. The van der Waals surface area contributed by atoms with Gasteiger partial charge in [0.05, 0.1) is 30.2 Å². The van der Waals surface area contributed by atoms with Gasteiger partial charge >= 0.3 is 5.97 Å². The molecule has 0 spiro atoms.